The zero-order valence-electron chi connectivity index (χ0n) is 20.4. The van der Waals surface area contributed by atoms with Gasteiger partial charge in [-0.25, -0.2) is 4.79 Å². The second kappa shape index (κ2) is 10.2. The number of hydrogen-bond donors (Lipinski definition) is 2. The molecule has 2 saturated heterocycles. The Hall–Kier alpha value is -2.54. The van der Waals surface area contributed by atoms with Crippen molar-refractivity contribution in [1.82, 2.24) is 15.1 Å². The fourth-order valence-corrected chi connectivity index (χ4v) is 6.69. The van der Waals surface area contributed by atoms with Gasteiger partial charge in [0.1, 0.15) is 0 Å². The van der Waals surface area contributed by atoms with Gasteiger partial charge in [0.25, 0.3) is 0 Å². The lowest BCUT2D eigenvalue weighted by molar-refractivity contribution is -0.134. The molecule has 3 aliphatic heterocycles. The molecular weight excluding hydrogens is 504 g/mol. The summed E-state index contributed by atoms with van der Waals surface area (Å²) in [6.45, 7) is 5.12. The minimum atomic E-state index is -0.351. The third-order valence-electron chi connectivity index (χ3n) is 8.27. The molecule has 0 radical (unpaired) electrons. The molecule has 3 heterocycles. The predicted octanol–water partition coefficient (Wildman–Crippen LogP) is 4.66. The van der Waals surface area contributed by atoms with Gasteiger partial charge in [0, 0.05) is 49.2 Å². The Balaban J connectivity index is 1.26. The molecule has 2 unspecified atom stereocenters. The van der Waals surface area contributed by atoms with Gasteiger partial charge in [-0.15, -0.1) is 0 Å². The molecule has 3 amide bonds. The summed E-state index contributed by atoms with van der Waals surface area (Å²) < 4.78 is 1.07. The number of nitrogens with one attached hydrogen (secondary N) is 1. The van der Waals surface area contributed by atoms with Gasteiger partial charge >= 0.3 is 6.03 Å². The van der Waals surface area contributed by atoms with Crippen molar-refractivity contribution in [2.75, 3.05) is 26.2 Å². The summed E-state index contributed by atoms with van der Waals surface area (Å²) in [5, 5.41) is 3.67. The maximum Gasteiger partial charge on any atom is 0.314 e. The molecule has 7 heteroatoms. The van der Waals surface area contributed by atoms with Crippen LogP contribution in [-0.4, -0.2) is 54.0 Å². The number of fused-ring (bicyclic) bond motifs is 2. The quantitative estimate of drug-likeness (QED) is 0.587. The first kappa shape index (κ1) is 24.2. The summed E-state index contributed by atoms with van der Waals surface area (Å²) in [4.78, 5) is 28.2. The van der Waals surface area contributed by atoms with Gasteiger partial charge in [-0.2, -0.15) is 0 Å². The van der Waals surface area contributed by atoms with Crippen molar-refractivity contribution in [2.45, 2.75) is 51.0 Å². The summed E-state index contributed by atoms with van der Waals surface area (Å²) >= 11 is 3.63. The number of carbonyl (C=O) groups is 2. The molecule has 0 aromatic heterocycles. The van der Waals surface area contributed by atoms with E-state index in [0.29, 0.717) is 37.3 Å². The van der Waals surface area contributed by atoms with E-state index in [1.807, 2.05) is 0 Å². The van der Waals surface area contributed by atoms with Crippen LogP contribution in [0.25, 0.3) is 6.08 Å². The van der Waals surface area contributed by atoms with Gasteiger partial charge in [-0.3, -0.25) is 4.79 Å². The molecule has 6 nitrogen and oxygen atoms in total. The highest BCUT2D eigenvalue weighted by Gasteiger charge is 2.38. The highest BCUT2D eigenvalue weighted by molar-refractivity contribution is 9.11. The average Bonchev–Trinajstić information content (AvgIpc) is 3.00. The van der Waals surface area contributed by atoms with E-state index in [1.165, 1.54) is 22.3 Å². The standard InChI is InChI=1S/C28H35BrN4O2/c1-18-2-5-24-21(14-18)3-4-22-16-23(29)17-31-27(22)26(24)20-8-12-32(13-9-20)25(34)15-19-6-10-33(11-7-19)28(30)35/h2-5,14,16-17,19-20,26-27,31H,6-13,15H2,1H3,(H2,30,35). The summed E-state index contributed by atoms with van der Waals surface area (Å²) in [5.41, 5.74) is 10.7. The number of hydrogen-bond acceptors (Lipinski definition) is 3. The Morgan fingerprint density at radius 2 is 1.77 bits per heavy atom. The zero-order valence-corrected chi connectivity index (χ0v) is 22.0. The molecular formula is C28H35BrN4O2. The van der Waals surface area contributed by atoms with E-state index in [1.54, 1.807) is 4.90 Å². The van der Waals surface area contributed by atoms with Crippen molar-refractivity contribution in [2.24, 2.45) is 17.6 Å². The summed E-state index contributed by atoms with van der Waals surface area (Å²) in [7, 11) is 0. The molecule has 2 atom stereocenters. The molecule has 0 saturated carbocycles. The largest absolute Gasteiger partial charge is 0.383 e. The van der Waals surface area contributed by atoms with Crippen LogP contribution < -0.4 is 11.1 Å². The normalized spacial score (nSPS) is 25.1. The highest BCUT2D eigenvalue weighted by Crippen LogP contribution is 2.43. The number of piperidine rings is 2. The molecule has 35 heavy (non-hydrogen) atoms. The van der Waals surface area contributed by atoms with Crippen molar-refractivity contribution >= 4 is 33.9 Å². The number of rotatable bonds is 3. The number of aryl methyl sites for hydroxylation is 1. The summed E-state index contributed by atoms with van der Waals surface area (Å²) in [5.74, 6) is 1.48. The number of likely N-dealkylation sites (tertiary alicyclic amines) is 2. The van der Waals surface area contributed by atoms with E-state index in [9.17, 15) is 9.59 Å². The van der Waals surface area contributed by atoms with Crippen LogP contribution in [0.4, 0.5) is 4.79 Å². The van der Waals surface area contributed by atoms with Crippen LogP contribution in [0.3, 0.4) is 0 Å². The molecule has 0 bridgehead atoms. The fourth-order valence-electron chi connectivity index (χ4n) is 6.29. The number of nitrogens with two attached hydrogens (primary N) is 1. The van der Waals surface area contributed by atoms with Crippen LogP contribution in [0.2, 0.25) is 0 Å². The SMILES string of the molecule is Cc1ccc2c(c1)C=CC1=CC(Br)=CNC1C2C1CCN(C(=O)CC2CCN(C(N)=O)CC2)CC1. The van der Waals surface area contributed by atoms with Gasteiger partial charge in [-0.05, 0) is 83.1 Å². The van der Waals surface area contributed by atoms with Crippen molar-refractivity contribution in [3.05, 3.63) is 63.3 Å². The van der Waals surface area contributed by atoms with Gasteiger partial charge in [0.05, 0.1) is 6.04 Å². The first-order valence-electron chi connectivity index (χ1n) is 12.8. The minimum absolute atomic E-state index is 0.235. The zero-order chi connectivity index (χ0) is 24.5. The third kappa shape index (κ3) is 5.20. The van der Waals surface area contributed by atoms with Crippen LogP contribution in [-0.2, 0) is 4.79 Å². The van der Waals surface area contributed by atoms with E-state index in [0.717, 1.165) is 43.3 Å². The van der Waals surface area contributed by atoms with Crippen LogP contribution in [0.5, 0.6) is 0 Å². The van der Waals surface area contributed by atoms with Crippen molar-refractivity contribution in [1.29, 1.82) is 0 Å². The second-order valence-electron chi connectivity index (χ2n) is 10.5. The summed E-state index contributed by atoms with van der Waals surface area (Å²) in [6, 6.07) is 6.72. The smallest absolute Gasteiger partial charge is 0.314 e. The lowest BCUT2D eigenvalue weighted by atomic mass is 9.73. The first-order valence-corrected chi connectivity index (χ1v) is 13.6. The van der Waals surface area contributed by atoms with Crippen molar-refractivity contribution in [3.63, 3.8) is 0 Å². The van der Waals surface area contributed by atoms with Crippen molar-refractivity contribution in [3.8, 4) is 0 Å². The topological polar surface area (TPSA) is 78.7 Å². The maximum absolute atomic E-state index is 13.1. The maximum atomic E-state index is 13.1. The molecule has 3 N–H and O–H groups in total. The molecule has 1 aromatic rings. The Bertz CT molecular complexity index is 1080. The monoisotopic (exact) mass is 538 g/mol. The molecule has 186 valence electrons. The Labute approximate surface area is 216 Å². The molecule has 1 aliphatic carbocycles. The molecule has 2 fully saturated rings. The Kier molecular flexibility index (Phi) is 7.05. The number of benzene rings is 1. The van der Waals surface area contributed by atoms with Crippen molar-refractivity contribution < 1.29 is 9.59 Å². The lowest BCUT2D eigenvalue weighted by Gasteiger charge is -2.41. The van der Waals surface area contributed by atoms with Gasteiger partial charge in [-0.1, -0.05) is 35.9 Å². The Morgan fingerprint density at radius 1 is 1.06 bits per heavy atom. The highest BCUT2D eigenvalue weighted by atomic mass is 79.9. The summed E-state index contributed by atoms with van der Waals surface area (Å²) in [6.07, 6.45) is 13.2. The van der Waals surface area contributed by atoms with Gasteiger partial charge in [0.2, 0.25) is 5.91 Å². The fraction of sp³-hybridized carbons (Fsp3) is 0.500. The van der Waals surface area contributed by atoms with E-state index in [2.05, 4.69) is 75.7 Å². The molecule has 1 aromatic carbocycles. The van der Waals surface area contributed by atoms with Crippen LogP contribution in [0, 0.1) is 18.8 Å². The van der Waals surface area contributed by atoms with E-state index in [4.69, 9.17) is 5.73 Å². The van der Waals surface area contributed by atoms with Gasteiger partial charge in [0.15, 0.2) is 0 Å². The Morgan fingerprint density at radius 3 is 2.49 bits per heavy atom. The number of halogens is 1. The number of allylic oxidation sites excluding steroid dienone is 2. The lowest BCUT2D eigenvalue weighted by Crippen LogP contribution is -2.45. The predicted molar refractivity (Wildman–Crippen MR) is 143 cm³/mol. The minimum Gasteiger partial charge on any atom is -0.383 e. The molecule has 5 rings (SSSR count). The van der Waals surface area contributed by atoms with E-state index >= 15 is 0 Å². The average molecular weight is 540 g/mol. The van der Waals surface area contributed by atoms with Gasteiger partial charge < -0.3 is 20.9 Å². The molecule has 4 aliphatic rings. The number of carbonyl (C=O) groups excluding carboxylic acids is 2. The van der Waals surface area contributed by atoms with Crippen LogP contribution in [0.1, 0.15) is 54.7 Å². The number of nitrogens with zero attached hydrogens (tertiary/aromatic N) is 2. The number of urea groups is 1. The first-order chi connectivity index (χ1) is 16.9. The second-order valence-corrected chi connectivity index (χ2v) is 11.4. The third-order valence-corrected chi connectivity index (χ3v) is 8.73. The molecule has 0 spiro atoms. The number of dihydropyridines is 1. The van der Waals surface area contributed by atoms with Crippen LogP contribution in [0.15, 0.2) is 46.6 Å². The number of primary amides is 1. The number of amides is 3. The van der Waals surface area contributed by atoms with E-state index < -0.39 is 0 Å². The van der Waals surface area contributed by atoms with Crippen LogP contribution >= 0.6 is 15.9 Å². The van der Waals surface area contributed by atoms with E-state index in [-0.39, 0.29) is 18.0 Å².